The van der Waals surface area contributed by atoms with Gasteiger partial charge in [0.2, 0.25) is 5.91 Å². The van der Waals surface area contributed by atoms with E-state index in [2.05, 4.69) is 10.4 Å². The number of carbonyl (C=O) groups excluding carboxylic acids is 1. The summed E-state index contributed by atoms with van der Waals surface area (Å²) >= 11 is 0. The highest BCUT2D eigenvalue weighted by atomic mass is 16.5. The molecule has 2 rings (SSSR count). The van der Waals surface area contributed by atoms with Gasteiger partial charge in [0, 0.05) is 6.61 Å². The number of ether oxygens (including phenoxy) is 1. The van der Waals surface area contributed by atoms with Crippen molar-refractivity contribution < 1.29 is 9.53 Å². The molecule has 0 bridgehead atoms. The minimum atomic E-state index is -0.237. The lowest BCUT2D eigenvalue weighted by Crippen LogP contribution is -2.31. The van der Waals surface area contributed by atoms with Crippen LogP contribution in [0.2, 0.25) is 0 Å². The molecule has 17 heavy (non-hydrogen) atoms. The normalized spacial score (nSPS) is 19.9. The van der Waals surface area contributed by atoms with Gasteiger partial charge in [0.1, 0.15) is 0 Å². The maximum atomic E-state index is 11.2. The standard InChI is InChI=1S/C12H17N3O2/c13-15-12(16)8-9-4-3-5-10(14-9)11-6-1-2-7-17-11/h3-5,11H,1-2,6-8,13H2,(H,15,16). The monoisotopic (exact) mass is 235 g/mol. The topological polar surface area (TPSA) is 77.2 Å². The molecule has 1 atom stereocenters. The predicted molar refractivity (Wildman–Crippen MR) is 62.8 cm³/mol. The van der Waals surface area contributed by atoms with E-state index in [-0.39, 0.29) is 18.4 Å². The molecule has 5 nitrogen and oxygen atoms in total. The number of hydrazine groups is 1. The zero-order valence-electron chi connectivity index (χ0n) is 9.69. The fourth-order valence-corrected chi connectivity index (χ4v) is 1.97. The summed E-state index contributed by atoms with van der Waals surface area (Å²) in [4.78, 5) is 15.6. The number of nitrogens with two attached hydrogens (primary N) is 1. The van der Waals surface area contributed by atoms with Crippen molar-refractivity contribution >= 4 is 5.91 Å². The van der Waals surface area contributed by atoms with Crippen LogP contribution in [-0.4, -0.2) is 17.5 Å². The van der Waals surface area contributed by atoms with Crippen molar-refractivity contribution in [1.29, 1.82) is 0 Å². The van der Waals surface area contributed by atoms with E-state index in [0.29, 0.717) is 0 Å². The SMILES string of the molecule is NNC(=O)Cc1cccc(C2CCCCO2)n1. The lowest BCUT2D eigenvalue weighted by atomic mass is 10.1. The van der Waals surface area contributed by atoms with E-state index >= 15 is 0 Å². The zero-order valence-corrected chi connectivity index (χ0v) is 9.69. The van der Waals surface area contributed by atoms with Crippen LogP contribution in [0, 0.1) is 0 Å². The highest BCUT2D eigenvalue weighted by molar-refractivity contribution is 5.77. The number of carbonyl (C=O) groups is 1. The van der Waals surface area contributed by atoms with E-state index in [1.807, 2.05) is 18.2 Å². The third-order valence-electron chi connectivity index (χ3n) is 2.84. The fourth-order valence-electron chi connectivity index (χ4n) is 1.97. The van der Waals surface area contributed by atoms with Gasteiger partial charge in [-0.15, -0.1) is 0 Å². The summed E-state index contributed by atoms with van der Waals surface area (Å²) in [5, 5.41) is 0. The quantitative estimate of drug-likeness (QED) is 0.462. The average Bonchev–Trinajstić information content (AvgIpc) is 2.40. The van der Waals surface area contributed by atoms with Crippen LogP contribution in [-0.2, 0) is 16.0 Å². The van der Waals surface area contributed by atoms with Crippen molar-refractivity contribution in [2.24, 2.45) is 5.84 Å². The molecule has 2 heterocycles. The Morgan fingerprint density at radius 1 is 1.53 bits per heavy atom. The van der Waals surface area contributed by atoms with Crippen LogP contribution in [0.3, 0.4) is 0 Å². The number of aromatic nitrogens is 1. The molecule has 92 valence electrons. The molecule has 5 heteroatoms. The second-order valence-corrected chi connectivity index (χ2v) is 4.15. The molecule has 1 aliphatic heterocycles. The molecule has 1 aromatic heterocycles. The second kappa shape index (κ2) is 5.75. The molecule has 0 saturated carbocycles. The van der Waals surface area contributed by atoms with Crippen molar-refractivity contribution in [1.82, 2.24) is 10.4 Å². The largest absolute Gasteiger partial charge is 0.372 e. The van der Waals surface area contributed by atoms with Crippen LogP contribution in [0.4, 0.5) is 0 Å². The summed E-state index contributed by atoms with van der Waals surface area (Å²) < 4.78 is 5.66. The molecule has 0 aliphatic carbocycles. The van der Waals surface area contributed by atoms with E-state index in [1.54, 1.807) is 0 Å². The fraction of sp³-hybridized carbons (Fsp3) is 0.500. The van der Waals surface area contributed by atoms with Gasteiger partial charge in [0.25, 0.3) is 0 Å². The lowest BCUT2D eigenvalue weighted by Gasteiger charge is -2.22. The highest BCUT2D eigenvalue weighted by Crippen LogP contribution is 2.26. The summed E-state index contributed by atoms with van der Waals surface area (Å²) in [5.74, 6) is 4.81. The van der Waals surface area contributed by atoms with Gasteiger partial charge in [0.05, 0.1) is 23.9 Å². The van der Waals surface area contributed by atoms with Crippen molar-refractivity contribution in [3.8, 4) is 0 Å². The molecule has 1 amide bonds. The Morgan fingerprint density at radius 3 is 3.12 bits per heavy atom. The predicted octanol–water partition coefficient (Wildman–Crippen LogP) is 0.856. The molecular formula is C12H17N3O2. The Labute approximate surface area is 100 Å². The molecule has 0 spiro atoms. The zero-order chi connectivity index (χ0) is 12.1. The second-order valence-electron chi connectivity index (χ2n) is 4.15. The van der Waals surface area contributed by atoms with Crippen molar-refractivity contribution in [3.63, 3.8) is 0 Å². The van der Waals surface area contributed by atoms with Crippen LogP contribution in [0.5, 0.6) is 0 Å². The van der Waals surface area contributed by atoms with Crippen molar-refractivity contribution in [2.75, 3.05) is 6.61 Å². The molecule has 1 fully saturated rings. The molecule has 0 radical (unpaired) electrons. The summed E-state index contributed by atoms with van der Waals surface area (Å²) in [5.41, 5.74) is 3.73. The third kappa shape index (κ3) is 3.25. The Morgan fingerprint density at radius 2 is 2.41 bits per heavy atom. The van der Waals surface area contributed by atoms with Crippen molar-refractivity contribution in [2.45, 2.75) is 31.8 Å². The van der Waals surface area contributed by atoms with Gasteiger partial charge >= 0.3 is 0 Å². The first-order valence-electron chi connectivity index (χ1n) is 5.86. The average molecular weight is 235 g/mol. The van der Waals surface area contributed by atoms with E-state index in [4.69, 9.17) is 10.6 Å². The van der Waals surface area contributed by atoms with Crippen LogP contribution >= 0.6 is 0 Å². The first kappa shape index (κ1) is 12.0. The molecular weight excluding hydrogens is 218 g/mol. The van der Waals surface area contributed by atoms with E-state index in [1.165, 1.54) is 6.42 Å². The first-order chi connectivity index (χ1) is 8.29. The maximum absolute atomic E-state index is 11.2. The summed E-state index contributed by atoms with van der Waals surface area (Å²) in [7, 11) is 0. The van der Waals surface area contributed by atoms with Crippen LogP contribution in [0.25, 0.3) is 0 Å². The van der Waals surface area contributed by atoms with Crippen LogP contribution < -0.4 is 11.3 Å². The smallest absolute Gasteiger partial charge is 0.239 e. The Balaban J connectivity index is 2.07. The van der Waals surface area contributed by atoms with E-state index < -0.39 is 0 Å². The van der Waals surface area contributed by atoms with E-state index in [9.17, 15) is 4.79 Å². The third-order valence-corrected chi connectivity index (χ3v) is 2.84. The molecule has 1 aliphatic rings. The summed E-state index contributed by atoms with van der Waals surface area (Å²) in [6.45, 7) is 0.792. The Hall–Kier alpha value is -1.46. The number of hydrogen-bond acceptors (Lipinski definition) is 4. The lowest BCUT2D eigenvalue weighted by molar-refractivity contribution is -0.120. The molecule has 1 saturated heterocycles. The first-order valence-corrected chi connectivity index (χ1v) is 5.86. The molecule has 1 aromatic rings. The van der Waals surface area contributed by atoms with Gasteiger partial charge < -0.3 is 4.74 Å². The molecule has 1 unspecified atom stereocenters. The summed E-state index contributed by atoms with van der Waals surface area (Å²) in [6.07, 6.45) is 3.56. The number of nitrogens with zero attached hydrogens (tertiary/aromatic N) is 1. The van der Waals surface area contributed by atoms with Gasteiger partial charge in [-0.05, 0) is 31.4 Å². The number of amides is 1. The minimum absolute atomic E-state index is 0.0737. The Kier molecular flexibility index (Phi) is 4.06. The Bertz CT molecular complexity index is 389. The van der Waals surface area contributed by atoms with Gasteiger partial charge in [-0.1, -0.05) is 6.07 Å². The van der Waals surface area contributed by atoms with Crippen LogP contribution in [0.15, 0.2) is 18.2 Å². The highest BCUT2D eigenvalue weighted by Gasteiger charge is 2.17. The van der Waals surface area contributed by atoms with Gasteiger partial charge in [-0.3, -0.25) is 15.2 Å². The number of nitrogens with one attached hydrogen (secondary N) is 1. The molecule has 3 N–H and O–H groups in total. The minimum Gasteiger partial charge on any atom is -0.372 e. The molecule has 0 aromatic carbocycles. The number of rotatable bonds is 3. The van der Waals surface area contributed by atoms with Gasteiger partial charge in [-0.25, -0.2) is 5.84 Å². The van der Waals surface area contributed by atoms with Gasteiger partial charge in [-0.2, -0.15) is 0 Å². The van der Waals surface area contributed by atoms with E-state index in [0.717, 1.165) is 30.8 Å². The van der Waals surface area contributed by atoms with Crippen LogP contribution in [0.1, 0.15) is 36.8 Å². The maximum Gasteiger partial charge on any atom is 0.239 e. The summed E-state index contributed by atoms with van der Waals surface area (Å²) in [6, 6.07) is 5.67. The number of hydrogen-bond donors (Lipinski definition) is 2. The number of pyridine rings is 1. The van der Waals surface area contributed by atoms with Gasteiger partial charge in [0.15, 0.2) is 0 Å². The van der Waals surface area contributed by atoms with Crippen molar-refractivity contribution in [3.05, 3.63) is 29.6 Å².